The average molecular weight is 390 g/mol. The quantitative estimate of drug-likeness (QED) is 0.208. The van der Waals surface area contributed by atoms with Crippen LogP contribution in [0.2, 0.25) is 0 Å². The minimum atomic E-state index is -0.0654. The molecule has 0 heterocycles. The SMILES string of the molecule is CCCCCCCCCCCCCCCc1cccc(ONC(=O)CCC)c1. The summed E-state index contributed by atoms with van der Waals surface area (Å²) in [5.74, 6) is 0.654. The number of rotatable bonds is 18. The van der Waals surface area contributed by atoms with Crippen molar-refractivity contribution in [1.29, 1.82) is 0 Å². The number of hydrogen-bond acceptors (Lipinski definition) is 2. The van der Waals surface area contributed by atoms with E-state index in [1.807, 2.05) is 25.1 Å². The molecule has 1 amide bonds. The zero-order valence-corrected chi connectivity index (χ0v) is 18.4. The van der Waals surface area contributed by atoms with Crippen LogP contribution < -0.4 is 10.3 Å². The van der Waals surface area contributed by atoms with Crippen LogP contribution in [-0.2, 0) is 11.2 Å². The lowest BCUT2D eigenvalue weighted by Gasteiger charge is -2.08. The minimum Gasteiger partial charge on any atom is -0.380 e. The first kappa shape index (κ1) is 24.5. The molecule has 0 bridgehead atoms. The molecule has 0 aliphatic heterocycles. The maximum atomic E-state index is 11.5. The molecule has 1 aromatic rings. The van der Waals surface area contributed by atoms with Gasteiger partial charge in [-0.3, -0.25) is 4.79 Å². The fourth-order valence-corrected chi connectivity index (χ4v) is 3.51. The normalized spacial score (nSPS) is 10.8. The summed E-state index contributed by atoms with van der Waals surface area (Å²) in [6.07, 6.45) is 20.4. The van der Waals surface area contributed by atoms with Gasteiger partial charge in [0.05, 0.1) is 0 Å². The molecule has 0 spiro atoms. The van der Waals surface area contributed by atoms with E-state index in [-0.39, 0.29) is 5.91 Å². The summed E-state index contributed by atoms with van der Waals surface area (Å²) in [5, 5.41) is 0. The Labute approximate surface area is 173 Å². The molecule has 1 rings (SSSR count). The highest BCUT2D eigenvalue weighted by Crippen LogP contribution is 2.16. The Morgan fingerprint density at radius 2 is 1.36 bits per heavy atom. The van der Waals surface area contributed by atoms with Gasteiger partial charge in [-0.05, 0) is 37.0 Å². The van der Waals surface area contributed by atoms with Crippen LogP contribution in [-0.4, -0.2) is 5.91 Å². The van der Waals surface area contributed by atoms with E-state index in [4.69, 9.17) is 4.84 Å². The molecule has 3 heteroatoms. The van der Waals surface area contributed by atoms with Crippen LogP contribution in [0, 0.1) is 0 Å². The van der Waals surface area contributed by atoms with Gasteiger partial charge in [-0.2, -0.15) is 5.48 Å². The Balaban J connectivity index is 1.98. The van der Waals surface area contributed by atoms with E-state index in [1.165, 1.54) is 89.0 Å². The van der Waals surface area contributed by atoms with Crippen molar-refractivity contribution >= 4 is 5.91 Å². The predicted molar refractivity (Wildman–Crippen MR) is 120 cm³/mol. The highest BCUT2D eigenvalue weighted by Gasteiger charge is 2.02. The van der Waals surface area contributed by atoms with Gasteiger partial charge in [-0.15, -0.1) is 0 Å². The fourth-order valence-electron chi connectivity index (χ4n) is 3.51. The molecule has 0 fully saturated rings. The highest BCUT2D eigenvalue weighted by molar-refractivity contribution is 5.74. The average Bonchev–Trinajstić information content (AvgIpc) is 2.70. The molecule has 0 unspecified atom stereocenters. The van der Waals surface area contributed by atoms with Crippen molar-refractivity contribution in [3.05, 3.63) is 29.8 Å². The lowest BCUT2D eigenvalue weighted by atomic mass is 10.0. The van der Waals surface area contributed by atoms with Crippen LogP contribution in [0.4, 0.5) is 0 Å². The molecule has 3 nitrogen and oxygen atoms in total. The molecule has 0 aliphatic carbocycles. The third-order valence-electron chi connectivity index (χ3n) is 5.23. The van der Waals surface area contributed by atoms with Crippen LogP contribution >= 0.6 is 0 Å². The Hall–Kier alpha value is -1.51. The molecular weight excluding hydrogens is 346 g/mol. The maximum Gasteiger partial charge on any atom is 0.252 e. The summed E-state index contributed by atoms with van der Waals surface area (Å²) < 4.78 is 0. The lowest BCUT2D eigenvalue weighted by Crippen LogP contribution is -2.26. The van der Waals surface area contributed by atoms with Crippen molar-refractivity contribution in [2.75, 3.05) is 0 Å². The number of carbonyl (C=O) groups is 1. The lowest BCUT2D eigenvalue weighted by molar-refractivity contribution is -0.127. The van der Waals surface area contributed by atoms with E-state index in [9.17, 15) is 4.79 Å². The summed E-state index contributed by atoms with van der Waals surface area (Å²) in [6.45, 7) is 4.26. The molecule has 0 atom stereocenters. The summed E-state index contributed by atoms with van der Waals surface area (Å²) in [5.41, 5.74) is 3.79. The van der Waals surface area contributed by atoms with Crippen molar-refractivity contribution in [3.8, 4) is 5.75 Å². The van der Waals surface area contributed by atoms with E-state index in [1.54, 1.807) is 0 Å². The van der Waals surface area contributed by atoms with Gasteiger partial charge in [0, 0.05) is 6.42 Å². The molecule has 0 aromatic heterocycles. The Kier molecular flexibility index (Phi) is 15.4. The number of carbonyl (C=O) groups excluding carboxylic acids is 1. The van der Waals surface area contributed by atoms with Crippen LogP contribution in [0.25, 0.3) is 0 Å². The van der Waals surface area contributed by atoms with Gasteiger partial charge >= 0.3 is 0 Å². The number of hydrogen-bond donors (Lipinski definition) is 1. The van der Waals surface area contributed by atoms with Gasteiger partial charge < -0.3 is 4.84 Å². The second kappa shape index (κ2) is 17.6. The number of unbranched alkanes of at least 4 members (excludes halogenated alkanes) is 12. The molecule has 1 N–H and O–H groups in total. The Morgan fingerprint density at radius 3 is 1.93 bits per heavy atom. The fraction of sp³-hybridized carbons (Fsp3) is 0.720. The van der Waals surface area contributed by atoms with Crippen LogP contribution in [0.15, 0.2) is 24.3 Å². The highest BCUT2D eigenvalue weighted by atomic mass is 16.7. The zero-order chi connectivity index (χ0) is 20.3. The molecular formula is C25H43NO2. The van der Waals surface area contributed by atoms with Gasteiger partial charge in [0.1, 0.15) is 0 Å². The first-order valence-electron chi connectivity index (χ1n) is 11.8. The van der Waals surface area contributed by atoms with Gasteiger partial charge in [-0.1, -0.05) is 103 Å². The summed E-state index contributed by atoms with van der Waals surface area (Å²) in [6, 6.07) is 8.06. The van der Waals surface area contributed by atoms with E-state index in [2.05, 4.69) is 18.5 Å². The summed E-state index contributed by atoms with van der Waals surface area (Å²) >= 11 is 0. The van der Waals surface area contributed by atoms with E-state index >= 15 is 0 Å². The second-order valence-electron chi connectivity index (χ2n) is 8.02. The third-order valence-corrected chi connectivity index (χ3v) is 5.23. The molecule has 0 saturated heterocycles. The van der Waals surface area contributed by atoms with Crippen molar-refractivity contribution in [2.24, 2.45) is 0 Å². The van der Waals surface area contributed by atoms with Crippen molar-refractivity contribution in [1.82, 2.24) is 5.48 Å². The van der Waals surface area contributed by atoms with E-state index in [0.717, 1.165) is 18.6 Å². The topological polar surface area (TPSA) is 38.3 Å². The van der Waals surface area contributed by atoms with Crippen LogP contribution in [0.1, 0.15) is 116 Å². The smallest absolute Gasteiger partial charge is 0.252 e. The van der Waals surface area contributed by atoms with Gasteiger partial charge in [0.25, 0.3) is 5.91 Å². The molecule has 28 heavy (non-hydrogen) atoms. The molecule has 1 aromatic carbocycles. The third kappa shape index (κ3) is 13.6. The Bertz CT molecular complexity index is 501. The van der Waals surface area contributed by atoms with Crippen molar-refractivity contribution in [3.63, 3.8) is 0 Å². The molecule has 160 valence electrons. The minimum absolute atomic E-state index is 0.0654. The first-order chi connectivity index (χ1) is 13.8. The number of hydroxylamine groups is 1. The van der Waals surface area contributed by atoms with E-state index < -0.39 is 0 Å². The zero-order valence-electron chi connectivity index (χ0n) is 18.4. The standard InChI is InChI=1S/C25H43NO2/c1-3-5-6-7-8-9-10-11-12-13-14-15-16-19-23-20-17-21-24(22-23)28-26-25(27)18-4-2/h17,20-22H,3-16,18-19H2,1-2H3,(H,26,27). The monoisotopic (exact) mass is 389 g/mol. The number of benzene rings is 1. The van der Waals surface area contributed by atoms with E-state index in [0.29, 0.717) is 6.42 Å². The van der Waals surface area contributed by atoms with Crippen molar-refractivity contribution < 1.29 is 9.63 Å². The van der Waals surface area contributed by atoms with Crippen LogP contribution in [0.3, 0.4) is 0 Å². The molecule has 0 saturated carbocycles. The van der Waals surface area contributed by atoms with Gasteiger partial charge in [0.15, 0.2) is 5.75 Å². The predicted octanol–water partition coefficient (Wildman–Crippen LogP) is 7.53. The van der Waals surface area contributed by atoms with Crippen molar-refractivity contribution in [2.45, 2.75) is 117 Å². The summed E-state index contributed by atoms with van der Waals surface area (Å²) in [4.78, 5) is 16.9. The van der Waals surface area contributed by atoms with Gasteiger partial charge in [-0.25, -0.2) is 0 Å². The van der Waals surface area contributed by atoms with Gasteiger partial charge in [0.2, 0.25) is 0 Å². The largest absolute Gasteiger partial charge is 0.380 e. The second-order valence-corrected chi connectivity index (χ2v) is 8.02. The van der Waals surface area contributed by atoms with Crippen LogP contribution in [0.5, 0.6) is 5.75 Å². The first-order valence-corrected chi connectivity index (χ1v) is 11.8. The molecule has 0 aliphatic rings. The Morgan fingerprint density at radius 1 is 0.786 bits per heavy atom. The number of nitrogens with one attached hydrogen (secondary N) is 1. The summed E-state index contributed by atoms with van der Waals surface area (Å²) in [7, 11) is 0. The maximum absolute atomic E-state index is 11.5. The number of aryl methyl sites for hydroxylation is 1. The number of amides is 1. The molecule has 0 radical (unpaired) electrons.